The van der Waals surface area contributed by atoms with E-state index >= 15 is 0 Å². The summed E-state index contributed by atoms with van der Waals surface area (Å²) in [5, 5.41) is 3.80. The molecule has 1 atom stereocenters. The van der Waals surface area contributed by atoms with Crippen molar-refractivity contribution in [1.29, 1.82) is 0 Å². The van der Waals surface area contributed by atoms with Crippen LogP contribution in [0, 0.1) is 5.82 Å². The second kappa shape index (κ2) is 9.30. The highest BCUT2D eigenvalue weighted by atomic mass is 32.2. The molecule has 1 fully saturated rings. The van der Waals surface area contributed by atoms with Crippen LogP contribution < -0.4 is 5.32 Å². The van der Waals surface area contributed by atoms with Gasteiger partial charge in [0.1, 0.15) is 5.82 Å². The SMILES string of the molecule is CC(C(=O)Nc1ccccc1F)N1CCN(S(=O)(=O)/C=C/c2ccccc2)CC1. The highest BCUT2D eigenvalue weighted by Gasteiger charge is 2.30. The van der Waals surface area contributed by atoms with Crippen LogP contribution in [-0.2, 0) is 14.8 Å². The van der Waals surface area contributed by atoms with E-state index in [0.29, 0.717) is 26.2 Å². The van der Waals surface area contributed by atoms with Crippen molar-refractivity contribution in [3.05, 3.63) is 71.4 Å². The molecule has 154 valence electrons. The Hall–Kier alpha value is -2.55. The van der Waals surface area contributed by atoms with Crippen LogP contribution in [0.4, 0.5) is 10.1 Å². The first-order valence-electron chi connectivity index (χ1n) is 9.39. The van der Waals surface area contributed by atoms with Gasteiger partial charge in [-0.05, 0) is 30.7 Å². The van der Waals surface area contributed by atoms with Gasteiger partial charge in [-0.3, -0.25) is 9.69 Å². The van der Waals surface area contributed by atoms with Crippen LogP contribution in [0.1, 0.15) is 12.5 Å². The van der Waals surface area contributed by atoms with Crippen molar-refractivity contribution in [2.45, 2.75) is 13.0 Å². The molecule has 6 nitrogen and oxygen atoms in total. The number of nitrogens with one attached hydrogen (secondary N) is 1. The first-order chi connectivity index (χ1) is 13.9. The van der Waals surface area contributed by atoms with Crippen molar-refractivity contribution >= 4 is 27.7 Å². The standard InChI is InChI=1S/C21H24FN3O3S/c1-17(21(26)23-20-10-6-5-9-19(20)22)24-12-14-25(15-13-24)29(27,28)16-11-18-7-3-2-4-8-18/h2-11,16-17H,12-15H2,1H3,(H,23,26)/b16-11+. The summed E-state index contributed by atoms with van der Waals surface area (Å²) >= 11 is 0. The molecule has 1 aliphatic heterocycles. The fourth-order valence-electron chi connectivity index (χ4n) is 3.13. The number of rotatable bonds is 6. The van der Waals surface area contributed by atoms with Crippen LogP contribution in [0.3, 0.4) is 0 Å². The summed E-state index contributed by atoms with van der Waals surface area (Å²) in [6, 6.07) is 14.7. The lowest BCUT2D eigenvalue weighted by Gasteiger charge is -2.36. The van der Waals surface area contributed by atoms with Gasteiger partial charge in [-0.25, -0.2) is 12.8 Å². The average molecular weight is 418 g/mol. The Kier molecular flexibility index (Phi) is 6.79. The number of para-hydroxylation sites is 1. The third kappa shape index (κ3) is 5.50. The summed E-state index contributed by atoms with van der Waals surface area (Å²) in [7, 11) is -3.53. The third-order valence-corrected chi connectivity index (χ3v) is 6.49. The molecule has 1 heterocycles. The van der Waals surface area contributed by atoms with E-state index in [0.717, 1.165) is 5.56 Å². The lowest BCUT2D eigenvalue weighted by atomic mass is 10.2. The van der Waals surface area contributed by atoms with Crippen molar-refractivity contribution in [3.63, 3.8) is 0 Å². The van der Waals surface area contributed by atoms with Gasteiger partial charge in [0.2, 0.25) is 15.9 Å². The topological polar surface area (TPSA) is 69.7 Å². The van der Waals surface area contributed by atoms with Crippen LogP contribution >= 0.6 is 0 Å². The van der Waals surface area contributed by atoms with Crippen molar-refractivity contribution in [3.8, 4) is 0 Å². The number of benzene rings is 2. The van der Waals surface area contributed by atoms with Gasteiger partial charge in [0.25, 0.3) is 0 Å². The van der Waals surface area contributed by atoms with Gasteiger partial charge in [-0.15, -0.1) is 0 Å². The van der Waals surface area contributed by atoms with E-state index in [9.17, 15) is 17.6 Å². The normalized spacial score (nSPS) is 17.3. The fourth-order valence-corrected chi connectivity index (χ4v) is 4.30. The van der Waals surface area contributed by atoms with E-state index in [1.165, 1.54) is 21.8 Å². The lowest BCUT2D eigenvalue weighted by Crippen LogP contribution is -2.53. The van der Waals surface area contributed by atoms with Gasteiger partial charge in [-0.1, -0.05) is 42.5 Å². The van der Waals surface area contributed by atoms with Crippen LogP contribution in [0.2, 0.25) is 0 Å². The van der Waals surface area contributed by atoms with Crippen LogP contribution in [0.5, 0.6) is 0 Å². The number of amides is 1. The Morgan fingerprint density at radius 1 is 1.03 bits per heavy atom. The van der Waals surface area contributed by atoms with Crippen LogP contribution in [0.15, 0.2) is 60.0 Å². The number of anilines is 1. The molecule has 0 spiro atoms. The minimum atomic E-state index is -3.53. The van der Waals surface area contributed by atoms with Gasteiger partial charge in [0.15, 0.2) is 0 Å². The predicted molar refractivity (Wildman–Crippen MR) is 112 cm³/mol. The fraction of sp³-hybridized carbons (Fsp3) is 0.286. The molecule has 1 unspecified atom stereocenters. The molecule has 0 saturated carbocycles. The number of carbonyl (C=O) groups excluding carboxylic acids is 1. The molecule has 0 aromatic heterocycles. The largest absolute Gasteiger partial charge is 0.322 e. The van der Waals surface area contributed by atoms with Crippen molar-refractivity contribution < 1.29 is 17.6 Å². The van der Waals surface area contributed by atoms with Gasteiger partial charge in [-0.2, -0.15) is 4.31 Å². The maximum atomic E-state index is 13.7. The molecule has 0 radical (unpaired) electrons. The molecule has 1 N–H and O–H groups in total. The molecular weight excluding hydrogens is 393 g/mol. The zero-order valence-corrected chi connectivity index (χ0v) is 17.0. The summed E-state index contributed by atoms with van der Waals surface area (Å²) in [6.07, 6.45) is 1.58. The van der Waals surface area contributed by atoms with E-state index in [4.69, 9.17) is 0 Å². The maximum absolute atomic E-state index is 13.7. The van der Waals surface area contributed by atoms with Gasteiger partial charge in [0, 0.05) is 31.6 Å². The number of hydrogen-bond donors (Lipinski definition) is 1. The van der Waals surface area contributed by atoms with Crippen molar-refractivity contribution in [1.82, 2.24) is 9.21 Å². The smallest absolute Gasteiger partial charge is 0.241 e. The van der Waals surface area contributed by atoms with Crippen LogP contribution in [-0.4, -0.2) is 55.8 Å². The molecule has 2 aromatic carbocycles. The highest BCUT2D eigenvalue weighted by molar-refractivity contribution is 7.92. The molecule has 0 bridgehead atoms. The Morgan fingerprint density at radius 3 is 2.31 bits per heavy atom. The Bertz CT molecular complexity index is 972. The molecule has 1 saturated heterocycles. The number of piperazine rings is 1. The second-order valence-corrected chi connectivity index (χ2v) is 8.66. The lowest BCUT2D eigenvalue weighted by molar-refractivity contribution is -0.121. The molecular formula is C21H24FN3O3S. The van der Waals surface area contributed by atoms with Gasteiger partial charge < -0.3 is 5.32 Å². The summed E-state index contributed by atoms with van der Waals surface area (Å²) in [5.74, 6) is -0.815. The zero-order valence-electron chi connectivity index (χ0n) is 16.2. The third-order valence-electron chi connectivity index (χ3n) is 4.92. The molecule has 29 heavy (non-hydrogen) atoms. The molecule has 8 heteroatoms. The first-order valence-corrected chi connectivity index (χ1v) is 10.9. The quantitative estimate of drug-likeness (QED) is 0.785. The number of hydrogen-bond acceptors (Lipinski definition) is 4. The van der Waals surface area contributed by atoms with E-state index in [1.54, 1.807) is 25.1 Å². The van der Waals surface area contributed by atoms with E-state index in [2.05, 4.69) is 5.32 Å². The molecule has 1 aliphatic rings. The van der Waals surface area contributed by atoms with E-state index in [1.807, 2.05) is 35.2 Å². The minimum Gasteiger partial charge on any atom is -0.322 e. The second-order valence-electron chi connectivity index (χ2n) is 6.84. The molecule has 3 rings (SSSR count). The molecule has 1 amide bonds. The number of nitrogens with zero attached hydrogens (tertiary/aromatic N) is 2. The average Bonchev–Trinajstić information content (AvgIpc) is 2.74. The summed E-state index contributed by atoms with van der Waals surface area (Å²) in [5.41, 5.74) is 0.949. The Labute approximate surface area is 170 Å². The minimum absolute atomic E-state index is 0.136. The van der Waals surface area contributed by atoms with Gasteiger partial charge in [0.05, 0.1) is 11.7 Å². The predicted octanol–water partition coefficient (Wildman–Crippen LogP) is 2.77. The summed E-state index contributed by atoms with van der Waals surface area (Å²) in [6.45, 7) is 3.15. The molecule has 2 aromatic rings. The zero-order chi connectivity index (χ0) is 20.9. The highest BCUT2D eigenvalue weighted by Crippen LogP contribution is 2.16. The monoisotopic (exact) mass is 417 g/mol. The Morgan fingerprint density at radius 2 is 1.66 bits per heavy atom. The summed E-state index contributed by atoms with van der Waals surface area (Å²) in [4.78, 5) is 14.3. The van der Waals surface area contributed by atoms with Gasteiger partial charge >= 0.3 is 0 Å². The molecule has 0 aliphatic carbocycles. The van der Waals surface area contributed by atoms with Crippen LogP contribution in [0.25, 0.3) is 6.08 Å². The maximum Gasteiger partial charge on any atom is 0.241 e. The van der Waals surface area contributed by atoms with E-state index in [-0.39, 0.29) is 11.6 Å². The first kappa shape index (κ1) is 21.2. The van der Waals surface area contributed by atoms with Crippen molar-refractivity contribution in [2.75, 3.05) is 31.5 Å². The Balaban J connectivity index is 1.56. The van der Waals surface area contributed by atoms with Crippen molar-refractivity contribution in [2.24, 2.45) is 0 Å². The summed E-state index contributed by atoms with van der Waals surface area (Å²) < 4.78 is 40.2. The number of carbonyl (C=O) groups is 1. The number of sulfonamides is 1. The van der Waals surface area contributed by atoms with E-state index < -0.39 is 21.9 Å². The number of halogens is 1.